The van der Waals surface area contributed by atoms with Crippen LogP contribution in [0.2, 0.25) is 5.02 Å². The highest BCUT2D eigenvalue weighted by Crippen LogP contribution is 2.43. The summed E-state index contributed by atoms with van der Waals surface area (Å²) >= 11 is 9.81. The normalized spacial score (nSPS) is 18.3. The molecule has 0 aliphatic carbocycles. The second-order valence-electron chi connectivity index (χ2n) is 6.41. The van der Waals surface area contributed by atoms with E-state index in [4.69, 9.17) is 21.1 Å². The van der Waals surface area contributed by atoms with E-state index in [1.54, 1.807) is 26.4 Å². The molecule has 0 radical (unpaired) electrons. The predicted molar refractivity (Wildman–Crippen MR) is 108 cm³/mol. The number of aliphatic carboxylic acids is 1. The number of hydrogen-bond donors (Lipinski definition) is 1. The summed E-state index contributed by atoms with van der Waals surface area (Å²) in [5, 5.41) is 10.3. The van der Waals surface area contributed by atoms with Crippen molar-refractivity contribution in [2.24, 2.45) is 0 Å². The number of carboxylic acids is 1. The standard InChI is InChI=1S/C20H21BrClNO4/c1-26-17-7-5-12(21)10-14(17)19(23-9-3-4-16(23)20(24)25)15-11-13(22)6-8-18(15)27-2/h5-8,10-11,16,19H,3-4,9H2,1-2H3,(H,24,25). The highest BCUT2D eigenvalue weighted by atomic mass is 79.9. The lowest BCUT2D eigenvalue weighted by Gasteiger charge is -2.33. The molecule has 0 amide bonds. The molecule has 1 fully saturated rings. The second-order valence-corrected chi connectivity index (χ2v) is 7.76. The van der Waals surface area contributed by atoms with E-state index in [0.29, 0.717) is 29.5 Å². The topological polar surface area (TPSA) is 59.0 Å². The predicted octanol–water partition coefficient (Wildman–Crippen LogP) is 4.76. The van der Waals surface area contributed by atoms with Gasteiger partial charge in [-0.15, -0.1) is 0 Å². The lowest BCUT2D eigenvalue weighted by atomic mass is 9.94. The Morgan fingerprint density at radius 2 is 1.81 bits per heavy atom. The minimum atomic E-state index is -0.826. The van der Waals surface area contributed by atoms with Crippen molar-refractivity contribution >= 4 is 33.5 Å². The molecule has 7 heteroatoms. The Morgan fingerprint density at radius 1 is 1.19 bits per heavy atom. The monoisotopic (exact) mass is 453 g/mol. The number of nitrogens with zero attached hydrogens (tertiary/aromatic N) is 1. The lowest BCUT2D eigenvalue weighted by molar-refractivity contribution is -0.142. The average molecular weight is 455 g/mol. The fraction of sp³-hybridized carbons (Fsp3) is 0.350. The maximum atomic E-state index is 11.9. The molecule has 2 atom stereocenters. The number of halogens is 2. The Hall–Kier alpha value is -1.76. The molecule has 1 heterocycles. The highest BCUT2D eigenvalue weighted by Gasteiger charge is 2.39. The maximum Gasteiger partial charge on any atom is 0.320 e. The number of methoxy groups -OCH3 is 2. The number of carboxylic acid groups (broad SMARTS) is 1. The molecule has 27 heavy (non-hydrogen) atoms. The first-order valence-corrected chi connectivity index (χ1v) is 9.78. The van der Waals surface area contributed by atoms with Gasteiger partial charge in [0.05, 0.1) is 20.3 Å². The molecular formula is C20H21BrClNO4. The summed E-state index contributed by atoms with van der Waals surface area (Å²) < 4.78 is 12.1. The molecule has 1 aliphatic heterocycles. The molecule has 0 spiro atoms. The zero-order valence-corrected chi connectivity index (χ0v) is 17.5. The van der Waals surface area contributed by atoms with Gasteiger partial charge < -0.3 is 14.6 Å². The van der Waals surface area contributed by atoms with Crippen molar-refractivity contribution in [2.75, 3.05) is 20.8 Å². The van der Waals surface area contributed by atoms with E-state index in [2.05, 4.69) is 15.9 Å². The molecule has 2 unspecified atom stereocenters. The first kappa shape index (κ1) is 20.0. The van der Waals surface area contributed by atoms with Crippen molar-refractivity contribution in [2.45, 2.75) is 24.9 Å². The summed E-state index contributed by atoms with van der Waals surface area (Å²) in [7, 11) is 3.21. The van der Waals surface area contributed by atoms with Crippen LogP contribution in [0.1, 0.15) is 30.0 Å². The Kier molecular flexibility index (Phi) is 6.29. The Balaban J connectivity index is 2.24. The number of likely N-dealkylation sites (tertiary alicyclic amines) is 1. The summed E-state index contributed by atoms with van der Waals surface area (Å²) in [4.78, 5) is 13.9. The first-order valence-electron chi connectivity index (χ1n) is 8.61. The van der Waals surface area contributed by atoms with Gasteiger partial charge >= 0.3 is 5.97 Å². The van der Waals surface area contributed by atoms with Crippen molar-refractivity contribution in [3.63, 3.8) is 0 Å². The van der Waals surface area contributed by atoms with E-state index in [9.17, 15) is 9.90 Å². The Morgan fingerprint density at radius 3 is 2.44 bits per heavy atom. The van der Waals surface area contributed by atoms with E-state index < -0.39 is 12.0 Å². The molecule has 144 valence electrons. The van der Waals surface area contributed by atoms with Crippen LogP contribution >= 0.6 is 27.5 Å². The van der Waals surface area contributed by atoms with Gasteiger partial charge in [-0.25, -0.2) is 0 Å². The van der Waals surface area contributed by atoms with E-state index in [1.165, 1.54) is 0 Å². The molecular weight excluding hydrogens is 434 g/mol. The Bertz CT molecular complexity index is 791. The third-order valence-corrected chi connectivity index (χ3v) is 5.61. The average Bonchev–Trinajstić information content (AvgIpc) is 3.12. The van der Waals surface area contributed by atoms with Crippen LogP contribution in [-0.4, -0.2) is 42.8 Å². The minimum absolute atomic E-state index is 0.366. The molecule has 5 nitrogen and oxygen atoms in total. The van der Waals surface area contributed by atoms with Gasteiger partial charge in [-0.2, -0.15) is 0 Å². The van der Waals surface area contributed by atoms with Gasteiger partial charge in [0, 0.05) is 27.2 Å². The number of carbonyl (C=O) groups is 1. The SMILES string of the molecule is COc1ccc(Cl)cc1C(c1cc(Br)ccc1OC)N1CCCC1C(=O)O. The number of rotatable bonds is 6. The van der Waals surface area contributed by atoms with Crippen molar-refractivity contribution in [1.29, 1.82) is 0 Å². The van der Waals surface area contributed by atoms with Crippen LogP contribution in [0.5, 0.6) is 11.5 Å². The second kappa shape index (κ2) is 8.50. The van der Waals surface area contributed by atoms with Gasteiger partial charge in [0.15, 0.2) is 0 Å². The summed E-state index contributed by atoms with van der Waals surface area (Å²) in [6.07, 6.45) is 1.41. The van der Waals surface area contributed by atoms with Crippen molar-refractivity contribution in [3.8, 4) is 11.5 Å². The summed E-state index contributed by atoms with van der Waals surface area (Å²) in [6, 6.07) is 10.2. The molecule has 1 N–H and O–H groups in total. The summed E-state index contributed by atoms with van der Waals surface area (Å²) in [5.74, 6) is 0.510. The van der Waals surface area contributed by atoms with Crippen molar-refractivity contribution in [3.05, 3.63) is 57.0 Å². The summed E-state index contributed by atoms with van der Waals surface area (Å²) in [6.45, 7) is 0.660. The smallest absolute Gasteiger partial charge is 0.320 e. The van der Waals surface area contributed by atoms with E-state index >= 15 is 0 Å². The molecule has 3 rings (SSSR count). The fourth-order valence-corrected chi connectivity index (χ4v) is 4.29. The summed E-state index contributed by atoms with van der Waals surface area (Å²) in [5.41, 5.74) is 1.68. The largest absolute Gasteiger partial charge is 0.496 e. The van der Waals surface area contributed by atoms with Gasteiger partial charge in [0.1, 0.15) is 17.5 Å². The third kappa shape index (κ3) is 4.08. The maximum absolute atomic E-state index is 11.9. The van der Waals surface area contributed by atoms with Crippen molar-refractivity contribution in [1.82, 2.24) is 4.90 Å². The number of benzene rings is 2. The van der Waals surface area contributed by atoms with Crippen LogP contribution in [0.15, 0.2) is 40.9 Å². The molecule has 1 saturated heterocycles. The van der Waals surface area contributed by atoms with Crippen LogP contribution in [-0.2, 0) is 4.79 Å². The zero-order chi connectivity index (χ0) is 19.6. The van der Waals surface area contributed by atoms with E-state index in [-0.39, 0.29) is 6.04 Å². The molecule has 0 bridgehead atoms. The molecule has 0 aromatic heterocycles. The van der Waals surface area contributed by atoms with Crippen molar-refractivity contribution < 1.29 is 19.4 Å². The molecule has 1 aliphatic rings. The minimum Gasteiger partial charge on any atom is -0.496 e. The Labute approximate surface area is 172 Å². The molecule has 2 aromatic carbocycles. The molecule has 0 saturated carbocycles. The third-order valence-electron chi connectivity index (χ3n) is 4.88. The fourth-order valence-electron chi connectivity index (χ4n) is 3.73. The number of hydrogen-bond acceptors (Lipinski definition) is 4. The lowest BCUT2D eigenvalue weighted by Crippen LogP contribution is -2.39. The molecule has 2 aromatic rings. The van der Waals surface area contributed by atoms with Gasteiger partial charge in [-0.1, -0.05) is 27.5 Å². The van der Waals surface area contributed by atoms with Gasteiger partial charge in [0.25, 0.3) is 0 Å². The van der Waals surface area contributed by atoms with Gasteiger partial charge in [0.2, 0.25) is 0 Å². The zero-order valence-electron chi connectivity index (χ0n) is 15.1. The van der Waals surface area contributed by atoms with E-state index in [1.807, 2.05) is 29.2 Å². The quantitative estimate of drug-likeness (QED) is 0.682. The number of ether oxygens (including phenoxy) is 2. The van der Waals surface area contributed by atoms with Crippen LogP contribution in [0, 0.1) is 0 Å². The van der Waals surface area contributed by atoms with Gasteiger partial charge in [-0.3, -0.25) is 9.69 Å². The van der Waals surface area contributed by atoms with Crippen LogP contribution in [0.4, 0.5) is 0 Å². The van der Waals surface area contributed by atoms with E-state index in [0.717, 1.165) is 22.0 Å². The van der Waals surface area contributed by atoms with Crippen LogP contribution < -0.4 is 9.47 Å². The van der Waals surface area contributed by atoms with Gasteiger partial charge in [-0.05, 0) is 49.2 Å². The highest BCUT2D eigenvalue weighted by molar-refractivity contribution is 9.10. The first-order chi connectivity index (χ1) is 13.0. The van der Waals surface area contributed by atoms with Crippen LogP contribution in [0.3, 0.4) is 0 Å². The van der Waals surface area contributed by atoms with Crippen LogP contribution in [0.25, 0.3) is 0 Å².